The molecular weight excluding hydrogens is 143 g/mol. The average Bonchev–Trinajstić information content (AvgIpc) is 1.82. The number of halogens is 3. The Balaban J connectivity index is 3.31. The van der Waals surface area contributed by atoms with Crippen molar-refractivity contribution in [1.82, 2.24) is 4.98 Å². The van der Waals surface area contributed by atoms with Crippen LogP contribution in [0.1, 0.15) is 5.69 Å². The van der Waals surface area contributed by atoms with Gasteiger partial charge in [0.2, 0.25) is 5.95 Å². The molecule has 1 heterocycles. The summed E-state index contributed by atoms with van der Waals surface area (Å²) in [6, 6.07) is 0.405. The van der Waals surface area contributed by atoms with Gasteiger partial charge in [0, 0.05) is 6.07 Å². The van der Waals surface area contributed by atoms with E-state index in [-0.39, 0.29) is 5.69 Å². The van der Waals surface area contributed by atoms with Gasteiger partial charge in [-0.25, -0.2) is 13.8 Å². The van der Waals surface area contributed by atoms with Crippen LogP contribution in [0.5, 0.6) is 0 Å². The van der Waals surface area contributed by atoms with E-state index in [2.05, 4.69) is 4.98 Å². The number of aryl methyl sites for hydroxylation is 1. The Morgan fingerprint density at radius 1 is 1.30 bits per heavy atom. The average molecular weight is 147 g/mol. The van der Waals surface area contributed by atoms with Crippen molar-refractivity contribution in [2.24, 2.45) is 0 Å². The maximum absolute atomic E-state index is 12.3. The first-order chi connectivity index (χ1) is 4.61. The lowest BCUT2D eigenvalue weighted by Crippen LogP contribution is -1.95. The number of aromatic nitrogens is 1. The maximum atomic E-state index is 12.3. The molecule has 0 saturated carbocycles. The number of rotatable bonds is 0. The number of hydrogen-bond donors (Lipinski definition) is 0. The van der Waals surface area contributed by atoms with E-state index in [0.717, 1.165) is 0 Å². The van der Waals surface area contributed by atoms with Crippen molar-refractivity contribution in [1.29, 1.82) is 0 Å². The van der Waals surface area contributed by atoms with Crippen molar-refractivity contribution in [3.8, 4) is 0 Å². The molecule has 0 atom stereocenters. The quantitative estimate of drug-likeness (QED) is 0.510. The SMILES string of the molecule is Cc1nc(F)cc(F)c1F. The van der Waals surface area contributed by atoms with Crippen LogP contribution >= 0.6 is 0 Å². The summed E-state index contributed by atoms with van der Waals surface area (Å²) in [5, 5.41) is 0. The molecule has 0 aliphatic rings. The van der Waals surface area contributed by atoms with Crippen LogP contribution < -0.4 is 0 Å². The second-order valence-electron chi connectivity index (χ2n) is 1.83. The second-order valence-corrected chi connectivity index (χ2v) is 1.83. The monoisotopic (exact) mass is 147 g/mol. The lowest BCUT2D eigenvalue weighted by atomic mass is 10.3. The first kappa shape index (κ1) is 7.05. The number of pyridine rings is 1. The second kappa shape index (κ2) is 2.28. The highest BCUT2D eigenvalue weighted by Crippen LogP contribution is 2.08. The Bertz CT molecular complexity index is 236. The highest BCUT2D eigenvalue weighted by atomic mass is 19.2. The fraction of sp³-hybridized carbons (Fsp3) is 0.167. The van der Waals surface area contributed by atoms with E-state index in [1.165, 1.54) is 6.92 Å². The fourth-order valence-electron chi connectivity index (χ4n) is 0.582. The Morgan fingerprint density at radius 2 is 1.90 bits per heavy atom. The van der Waals surface area contributed by atoms with E-state index in [9.17, 15) is 13.2 Å². The summed E-state index contributed by atoms with van der Waals surface area (Å²) in [4.78, 5) is 3.05. The predicted molar refractivity (Wildman–Crippen MR) is 28.8 cm³/mol. The molecule has 1 rings (SSSR count). The Labute approximate surface area is 55.5 Å². The number of nitrogens with zero attached hydrogens (tertiary/aromatic N) is 1. The highest BCUT2D eigenvalue weighted by molar-refractivity contribution is 5.08. The van der Waals surface area contributed by atoms with Crippen LogP contribution in [-0.4, -0.2) is 4.98 Å². The van der Waals surface area contributed by atoms with Gasteiger partial charge in [0.05, 0.1) is 5.69 Å². The zero-order valence-corrected chi connectivity index (χ0v) is 5.16. The molecular formula is C6H4F3N. The van der Waals surface area contributed by atoms with Crippen LogP contribution in [0, 0.1) is 24.5 Å². The summed E-state index contributed by atoms with van der Waals surface area (Å²) >= 11 is 0. The molecule has 54 valence electrons. The molecule has 0 aliphatic heterocycles. The summed E-state index contributed by atoms with van der Waals surface area (Å²) in [5.41, 5.74) is -0.266. The maximum Gasteiger partial charge on any atom is 0.216 e. The zero-order valence-electron chi connectivity index (χ0n) is 5.16. The van der Waals surface area contributed by atoms with E-state index < -0.39 is 17.6 Å². The van der Waals surface area contributed by atoms with Crippen LogP contribution in [0.25, 0.3) is 0 Å². The van der Waals surface area contributed by atoms with Crippen LogP contribution in [0.2, 0.25) is 0 Å². The van der Waals surface area contributed by atoms with Gasteiger partial charge in [0.1, 0.15) is 0 Å². The molecule has 1 aromatic heterocycles. The standard InChI is InChI=1S/C6H4F3N/c1-3-6(9)4(7)2-5(8)10-3/h2H,1H3. The summed E-state index contributed by atoms with van der Waals surface area (Å²) in [6.07, 6.45) is 0. The lowest BCUT2D eigenvalue weighted by molar-refractivity contribution is 0.470. The molecule has 0 aliphatic carbocycles. The topological polar surface area (TPSA) is 12.9 Å². The van der Waals surface area contributed by atoms with Gasteiger partial charge in [-0.15, -0.1) is 0 Å². The zero-order chi connectivity index (χ0) is 7.72. The van der Waals surface area contributed by atoms with E-state index in [1.807, 2.05) is 0 Å². The van der Waals surface area contributed by atoms with Gasteiger partial charge in [0.25, 0.3) is 0 Å². The first-order valence-electron chi connectivity index (χ1n) is 2.59. The smallest absolute Gasteiger partial charge is 0.216 e. The van der Waals surface area contributed by atoms with Crippen molar-refractivity contribution in [3.63, 3.8) is 0 Å². The van der Waals surface area contributed by atoms with Gasteiger partial charge in [0.15, 0.2) is 11.6 Å². The third-order valence-electron chi connectivity index (χ3n) is 1.05. The highest BCUT2D eigenvalue weighted by Gasteiger charge is 2.07. The third kappa shape index (κ3) is 1.10. The molecule has 1 aromatic rings. The van der Waals surface area contributed by atoms with E-state index in [4.69, 9.17) is 0 Å². The van der Waals surface area contributed by atoms with Crippen LogP contribution in [0.4, 0.5) is 13.2 Å². The molecule has 0 unspecified atom stereocenters. The van der Waals surface area contributed by atoms with E-state index in [0.29, 0.717) is 6.07 Å². The molecule has 1 nitrogen and oxygen atoms in total. The molecule has 10 heavy (non-hydrogen) atoms. The summed E-state index contributed by atoms with van der Waals surface area (Å²) in [6.45, 7) is 1.20. The molecule has 0 spiro atoms. The third-order valence-corrected chi connectivity index (χ3v) is 1.05. The predicted octanol–water partition coefficient (Wildman–Crippen LogP) is 1.81. The molecule has 0 fully saturated rings. The lowest BCUT2D eigenvalue weighted by Gasteiger charge is -1.95. The Morgan fingerprint density at radius 3 is 2.40 bits per heavy atom. The van der Waals surface area contributed by atoms with Crippen LogP contribution in [-0.2, 0) is 0 Å². The van der Waals surface area contributed by atoms with Gasteiger partial charge in [-0.1, -0.05) is 0 Å². The van der Waals surface area contributed by atoms with Crippen LogP contribution in [0.3, 0.4) is 0 Å². The summed E-state index contributed by atoms with van der Waals surface area (Å²) in [7, 11) is 0. The van der Waals surface area contributed by atoms with Crippen LogP contribution in [0.15, 0.2) is 6.07 Å². The van der Waals surface area contributed by atoms with Gasteiger partial charge >= 0.3 is 0 Å². The van der Waals surface area contributed by atoms with Crippen molar-refractivity contribution in [2.45, 2.75) is 6.92 Å². The van der Waals surface area contributed by atoms with Crippen molar-refractivity contribution >= 4 is 0 Å². The fourth-order valence-corrected chi connectivity index (χ4v) is 0.582. The minimum Gasteiger partial charge on any atom is -0.222 e. The normalized spacial score (nSPS) is 10.0. The molecule has 4 heteroatoms. The van der Waals surface area contributed by atoms with E-state index in [1.54, 1.807) is 0 Å². The van der Waals surface area contributed by atoms with E-state index >= 15 is 0 Å². The van der Waals surface area contributed by atoms with Crippen molar-refractivity contribution < 1.29 is 13.2 Å². The Hall–Kier alpha value is -1.06. The largest absolute Gasteiger partial charge is 0.222 e. The van der Waals surface area contributed by atoms with Crippen molar-refractivity contribution in [2.75, 3.05) is 0 Å². The summed E-state index contributed by atoms with van der Waals surface area (Å²) in [5.74, 6) is -3.30. The minimum atomic E-state index is -1.20. The first-order valence-corrected chi connectivity index (χ1v) is 2.59. The van der Waals surface area contributed by atoms with Gasteiger partial charge in [-0.05, 0) is 6.92 Å². The molecule has 0 bridgehead atoms. The van der Waals surface area contributed by atoms with Gasteiger partial charge < -0.3 is 0 Å². The molecule has 0 amide bonds. The number of hydrogen-bond acceptors (Lipinski definition) is 1. The van der Waals surface area contributed by atoms with Gasteiger partial charge in [-0.2, -0.15) is 4.39 Å². The van der Waals surface area contributed by atoms with Gasteiger partial charge in [-0.3, -0.25) is 0 Å². The minimum absolute atomic E-state index is 0.266. The van der Waals surface area contributed by atoms with Crippen molar-refractivity contribution in [3.05, 3.63) is 29.3 Å². The molecule has 0 aromatic carbocycles. The molecule has 0 radical (unpaired) electrons. The summed E-state index contributed by atoms with van der Waals surface area (Å²) < 4.78 is 36.6. The molecule has 0 N–H and O–H groups in total. The molecule has 0 saturated heterocycles. The Kier molecular flexibility index (Phi) is 1.61.